The van der Waals surface area contributed by atoms with Gasteiger partial charge in [0.25, 0.3) is 0 Å². The van der Waals surface area contributed by atoms with E-state index in [1.165, 1.54) is 4.90 Å². The highest BCUT2D eigenvalue weighted by atomic mass is 16.6. The normalized spacial score (nSPS) is 11.5. The van der Waals surface area contributed by atoms with E-state index in [0.717, 1.165) is 24.8 Å². The number of hydrogen-bond donors (Lipinski definition) is 1. The summed E-state index contributed by atoms with van der Waals surface area (Å²) in [6.45, 7) is 6.14. The first-order valence-corrected chi connectivity index (χ1v) is 8.41. The Hall–Kier alpha value is -2.30. The van der Waals surface area contributed by atoms with Crippen molar-refractivity contribution in [3.63, 3.8) is 0 Å². The van der Waals surface area contributed by atoms with Crippen LogP contribution in [0.4, 0.5) is 4.79 Å². The minimum absolute atomic E-state index is 0.137. The minimum Gasteiger partial charge on any atom is -0.480 e. The Morgan fingerprint density at radius 3 is 2.58 bits per heavy atom. The monoisotopic (exact) mass is 333 g/mol. The van der Waals surface area contributed by atoms with Gasteiger partial charge < -0.3 is 9.84 Å². The molecule has 0 heterocycles. The van der Waals surface area contributed by atoms with E-state index < -0.39 is 18.1 Å². The lowest BCUT2D eigenvalue weighted by Gasteiger charge is -2.28. The van der Waals surface area contributed by atoms with Crippen LogP contribution in [0.5, 0.6) is 0 Å². The molecule has 0 spiro atoms. The van der Waals surface area contributed by atoms with Crippen LogP contribution in [0.3, 0.4) is 0 Å². The molecule has 0 aliphatic rings. The van der Waals surface area contributed by atoms with Crippen LogP contribution in [0.2, 0.25) is 0 Å². The number of allylic oxidation sites excluding steroid dienone is 1. The van der Waals surface area contributed by atoms with Crippen LogP contribution in [0.25, 0.3) is 0 Å². The van der Waals surface area contributed by atoms with Crippen LogP contribution in [0.15, 0.2) is 43.0 Å². The number of ether oxygens (including phenoxy) is 1. The van der Waals surface area contributed by atoms with Crippen molar-refractivity contribution in [3.05, 3.63) is 48.6 Å². The van der Waals surface area contributed by atoms with E-state index in [0.29, 0.717) is 19.4 Å². The zero-order chi connectivity index (χ0) is 17.8. The van der Waals surface area contributed by atoms with Crippen molar-refractivity contribution in [1.82, 2.24) is 4.90 Å². The van der Waals surface area contributed by atoms with Crippen LogP contribution < -0.4 is 0 Å². The first kappa shape index (κ1) is 19.7. The molecule has 0 unspecified atom stereocenters. The lowest BCUT2D eigenvalue weighted by atomic mass is 10.1. The molecule has 1 rings (SSSR count). The summed E-state index contributed by atoms with van der Waals surface area (Å²) in [5, 5.41) is 9.49. The van der Waals surface area contributed by atoms with Gasteiger partial charge >= 0.3 is 12.1 Å². The van der Waals surface area contributed by atoms with E-state index in [1.54, 1.807) is 6.08 Å². The molecule has 0 aliphatic heterocycles. The Kier molecular flexibility index (Phi) is 9.27. The standard InChI is InChI=1S/C19H27NO4/c1-3-5-10-14-20(17(18(21)22)13-6-4-2)19(23)24-15-16-11-8-7-9-12-16/h3,7-9,11-12,17H,1,4-6,10,13-15H2,2H3,(H,21,22)/t17-/m0/s1. The number of nitrogens with zero attached hydrogens (tertiary/aromatic N) is 1. The van der Waals surface area contributed by atoms with Gasteiger partial charge in [-0.1, -0.05) is 56.2 Å². The van der Waals surface area contributed by atoms with Gasteiger partial charge in [0.15, 0.2) is 0 Å². The topological polar surface area (TPSA) is 66.8 Å². The predicted octanol–water partition coefficient (Wildman–Crippen LogP) is 4.23. The molecule has 0 bridgehead atoms. The predicted molar refractivity (Wildman–Crippen MR) is 93.7 cm³/mol. The van der Waals surface area contributed by atoms with Crippen molar-refractivity contribution < 1.29 is 19.4 Å². The fourth-order valence-electron chi connectivity index (χ4n) is 2.39. The average Bonchev–Trinajstić information content (AvgIpc) is 2.59. The smallest absolute Gasteiger partial charge is 0.410 e. The van der Waals surface area contributed by atoms with Gasteiger partial charge in [0.05, 0.1) is 0 Å². The highest BCUT2D eigenvalue weighted by Gasteiger charge is 2.29. The van der Waals surface area contributed by atoms with Crippen molar-refractivity contribution in [2.75, 3.05) is 6.54 Å². The summed E-state index contributed by atoms with van der Waals surface area (Å²) < 4.78 is 5.33. The summed E-state index contributed by atoms with van der Waals surface area (Å²) in [7, 11) is 0. The second kappa shape index (κ2) is 11.3. The van der Waals surface area contributed by atoms with E-state index in [-0.39, 0.29) is 6.61 Å². The van der Waals surface area contributed by atoms with E-state index in [9.17, 15) is 14.7 Å². The second-order valence-corrected chi connectivity index (χ2v) is 5.66. The van der Waals surface area contributed by atoms with Crippen LogP contribution in [0, 0.1) is 0 Å². The molecule has 0 radical (unpaired) electrons. The molecule has 24 heavy (non-hydrogen) atoms. The van der Waals surface area contributed by atoms with Crippen LogP contribution >= 0.6 is 0 Å². The number of carbonyl (C=O) groups excluding carboxylic acids is 1. The number of aliphatic carboxylic acids is 1. The number of carbonyl (C=O) groups is 2. The number of rotatable bonds is 11. The average molecular weight is 333 g/mol. The van der Waals surface area contributed by atoms with E-state index in [1.807, 2.05) is 37.3 Å². The molecule has 0 fully saturated rings. The van der Waals surface area contributed by atoms with Crippen LogP contribution in [0.1, 0.15) is 44.6 Å². The SMILES string of the molecule is C=CCCCN(C(=O)OCc1ccccc1)[C@@H](CCCC)C(=O)O. The maximum atomic E-state index is 12.4. The fourth-order valence-corrected chi connectivity index (χ4v) is 2.39. The number of benzene rings is 1. The second-order valence-electron chi connectivity index (χ2n) is 5.66. The third-order valence-electron chi connectivity index (χ3n) is 3.74. The Balaban J connectivity index is 2.75. The van der Waals surface area contributed by atoms with Gasteiger partial charge in [-0.25, -0.2) is 9.59 Å². The summed E-state index contributed by atoms with van der Waals surface area (Å²) in [4.78, 5) is 25.4. The number of carboxylic acid groups (broad SMARTS) is 1. The molecule has 1 aromatic carbocycles. The van der Waals surface area contributed by atoms with Gasteiger partial charge in [-0.15, -0.1) is 6.58 Å². The van der Waals surface area contributed by atoms with Gasteiger partial charge in [0.2, 0.25) is 0 Å². The molecule has 132 valence electrons. The molecular formula is C19H27NO4. The summed E-state index contributed by atoms with van der Waals surface area (Å²) in [5.41, 5.74) is 0.873. The third kappa shape index (κ3) is 6.86. The first-order chi connectivity index (χ1) is 11.6. The van der Waals surface area contributed by atoms with E-state index in [4.69, 9.17) is 4.74 Å². The Bertz CT molecular complexity index is 515. The zero-order valence-corrected chi connectivity index (χ0v) is 14.3. The molecule has 0 saturated heterocycles. The first-order valence-electron chi connectivity index (χ1n) is 8.41. The van der Waals surface area contributed by atoms with E-state index >= 15 is 0 Å². The summed E-state index contributed by atoms with van der Waals surface area (Å²) in [6.07, 6.45) is 4.63. The van der Waals surface area contributed by atoms with Crippen molar-refractivity contribution >= 4 is 12.1 Å². The molecule has 1 amide bonds. The largest absolute Gasteiger partial charge is 0.480 e. The van der Waals surface area contributed by atoms with Crippen molar-refractivity contribution in [1.29, 1.82) is 0 Å². The lowest BCUT2D eigenvalue weighted by molar-refractivity contribution is -0.143. The van der Waals surface area contributed by atoms with Gasteiger partial charge in [0, 0.05) is 6.54 Å². The molecule has 1 aromatic rings. The summed E-state index contributed by atoms with van der Waals surface area (Å²) in [6, 6.07) is 8.50. The quantitative estimate of drug-likeness (QED) is 0.486. The molecule has 1 atom stereocenters. The van der Waals surface area contributed by atoms with Gasteiger partial charge in [-0.05, 0) is 24.8 Å². The van der Waals surface area contributed by atoms with Gasteiger partial charge in [-0.3, -0.25) is 4.90 Å². The number of unbranched alkanes of at least 4 members (excludes halogenated alkanes) is 2. The van der Waals surface area contributed by atoms with Crippen molar-refractivity contribution in [2.45, 2.75) is 51.7 Å². The molecular weight excluding hydrogens is 306 g/mol. The third-order valence-corrected chi connectivity index (χ3v) is 3.74. The number of amides is 1. The van der Waals surface area contributed by atoms with Crippen molar-refractivity contribution in [2.24, 2.45) is 0 Å². The Morgan fingerprint density at radius 1 is 1.29 bits per heavy atom. The van der Waals surface area contributed by atoms with Gasteiger partial charge in [-0.2, -0.15) is 0 Å². The fraction of sp³-hybridized carbons (Fsp3) is 0.474. The molecule has 0 aliphatic carbocycles. The zero-order valence-electron chi connectivity index (χ0n) is 14.3. The molecule has 5 heteroatoms. The van der Waals surface area contributed by atoms with Gasteiger partial charge in [0.1, 0.15) is 12.6 Å². The highest BCUT2D eigenvalue weighted by molar-refractivity contribution is 5.80. The lowest BCUT2D eigenvalue weighted by Crippen LogP contribution is -2.45. The summed E-state index contributed by atoms with van der Waals surface area (Å²) >= 11 is 0. The maximum Gasteiger partial charge on any atom is 0.410 e. The highest BCUT2D eigenvalue weighted by Crippen LogP contribution is 2.14. The maximum absolute atomic E-state index is 12.4. The number of carboxylic acids is 1. The van der Waals surface area contributed by atoms with Crippen LogP contribution in [-0.2, 0) is 16.1 Å². The van der Waals surface area contributed by atoms with Crippen molar-refractivity contribution in [3.8, 4) is 0 Å². The molecule has 1 N–H and O–H groups in total. The molecule has 5 nitrogen and oxygen atoms in total. The van der Waals surface area contributed by atoms with E-state index in [2.05, 4.69) is 6.58 Å². The Labute approximate surface area is 143 Å². The van der Waals surface area contributed by atoms with Crippen LogP contribution in [-0.4, -0.2) is 34.7 Å². The number of hydrogen-bond acceptors (Lipinski definition) is 3. The molecule has 0 saturated carbocycles. The minimum atomic E-state index is -0.987. The summed E-state index contributed by atoms with van der Waals surface area (Å²) in [5.74, 6) is -0.987. The Morgan fingerprint density at radius 2 is 2.00 bits per heavy atom. The molecule has 0 aromatic heterocycles.